The molecule has 7 heteroatoms. The molecule has 1 amide bonds. The van der Waals surface area contributed by atoms with Crippen molar-refractivity contribution >= 4 is 11.9 Å². The van der Waals surface area contributed by atoms with Gasteiger partial charge in [0.1, 0.15) is 6.04 Å². The number of likely N-dealkylation sites (tertiary alicyclic amines) is 1. The second-order valence-electron chi connectivity index (χ2n) is 8.16. The number of amides is 1. The highest BCUT2D eigenvalue weighted by atomic mass is 16.5. The van der Waals surface area contributed by atoms with E-state index in [2.05, 4.69) is 0 Å². The molecule has 1 saturated carbocycles. The average molecular weight is 370 g/mol. The molecule has 2 aliphatic rings. The van der Waals surface area contributed by atoms with Crippen molar-refractivity contribution in [3.05, 3.63) is 0 Å². The van der Waals surface area contributed by atoms with E-state index in [4.69, 9.17) is 15.2 Å². The molecule has 0 radical (unpaired) electrons. The van der Waals surface area contributed by atoms with Crippen molar-refractivity contribution in [1.29, 1.82) is 0 Å². The second-order valence-corrected chi connectivity index (χ2v) is 8.16. The molecule has 3 atom stereocenters. The van der Waals surface area contributed by atoms with Crippen LogP contribution >= 0.6 is 0 Å². The molecular weight excluding hydrogens is 336 g/mol. The van der Waals surface area contributed by atoms with Crippen LogP contribution in [0.5, 0.6) is 0 Å². The summed E-state index contributed by atoms with van der Waals surface area (Å²) in [6.45, 7) is 4.15. The summed E-state index contributed by atoms with van der Waals surface area (Å²) in [6, 6.07) is -1.23. The zero-order valence-corrected chi connectivity index (χ0v) is 16.3. The number of hydrogen-bond donors (Lipinski definition) is 2. The van der Waals surface area contributed by atoms with Gasteiger partial charge in [0.25, 0.3) is 0 Å². The zero-order valence-electron chi connectivity index (χ0n) is 16.3. The molecular formula is C19H34N2O5. The van der Waals surface area contributed by atoms with Crippen molar-refractivity contribution in [2.75, 3.05) is 20.3 Å². The van der Waals surface area contributed by atoms with Crippen molar-refractivity contribution in [1.82, 2.24) is 4.90 Å². The fourth-order valence-corrected chi connectivity index (χ4v) is 4.15. The molecule has 2 fully saturated rings. The lowest BCUT2D eigenvalue weighted by Gasteiger charge is -2.32. The number of hydrogen-bond acceptors (Lipinski definition) is 6. The van der Waals surface area contributed by atoms with E-state index >= 15 is 0 Å². The van der Waals surface area contributed by atoms with Crippen molar-refractivity contribution in [3.63, 3.8) is 0 Å². The van der Waals surface area contributed by atoms with Crippen LogP contribution in [0.15, 0.2) is 0 Å². The third-order valence-electron chi connectivity index (χ3n) is 5.66. The highest BCUT2D eigenvalue weighted by molar-refractivity contribution is 5.88. The average Bonchev–Trinajstić information content (AvgIpc) is 3.03. The number of nitrogens with two attached hydrogens (primary N) is 1. The Labute approximate surface area is 156 Å². The number of aliphatic hydroxyl groups excluding tert-OH is 1. The SMILES string of the molecule is COC(=O)[C@@H]1C[C@@H](OC(C)(C)CCO)CN1C(=O)[C@@H](N)C1CCCCC1. The summed E-state index contributed by atoms with van der Waals surface area (Å²) in [5.41, 5.74) is 5.76. The molecule has 26 heavy (non-hydrogen) atoms. The van der Waals surface area contributed by atoms with Crippen molar-refractivity contribution < 1.29 is 24.2 Å². The van der Waals surface area contributed by atoms with E-state index in [-0.39, 0.29) is 24.5 Å². The molecule has 0 aromatic rings. The first-order valence-corrected chi connectivity index (χ1v) is 9.71. The number of nitrogens with zero attached hydrogens (tertiary/aromatic N) is 1. The van der Waals surface area contributed by atoms with Crippen LogP contribution in [0.1, 0.15) is 58.8 Å². The summed E-state index contributed by atoms with van der Waals surface area (Å²) in [4.78, 5) is 26.8. The van der Waals surface area contributed by atoms with Gasteiger partial charge in [-0.1, -0.05) is 19.3 Å². The summed E-state index contributed by atoms with van der Waals surface area (Å²) in [5.74, 6) is -0.432. The smallest absolute Gasteiger partial charge is 0.328 e. The molecule has 0 spiro atoms. The van der Waals surface area contributed by atoms with Crippen LogP contribution in [0.3, 0.4) is 0 Å². The minimum atomic E-state index is -0.655. The van der Waals surface area contributed by atoms with Crippen LogP contribution in [-0.4, -0.2) is 65.9 Å². The lowest BCUT2D eigenvalue weighted by atomic mass is 9.83. The van der Waals surface area contributed by atoms with E-state index in [9.17, 15) is 14.7 Å². The topological polar surface area (TPSA) is 102 Å². The van der Waals surface area contributed by atoms with Gasteiger partial charge in [-0.15, -0.1) is 0 Å². The zero-order chi connectivity index (χ0) is 19.3. The van der Waals surface area contributed by atoms with Gasteiger partial charge in [0.15, 0.2) is 0 Å². The lowest BCUT2D eigenvalue weighted by molar-refractivity contribution is -0.151. The maximum Gasteiger partial charge on any atom is 0.328 e. The molecule has 1 saturated heterocycles. The van der Waals surface area contributed by atoms with E-state index in [1.807, 2.05) is 13.8 Å². The maximum absolute atomic E-state index is 13.0. The first-order valence-electron chi connectivity index (χ1n) is 9.71. The normalized spacial score (nSPS) is 26.0. The Morgan fingerprint density at radius 2 is 1.92 bits per heavy atom. The van der Waals surface area contributed by atoms with E-state index in [0.717, 1.165) is 25.7 Å². The van der Waals surface area contributed by atoms with E-state index in [1.165, 1.54) is 13.5 Å². The number of methoxy groups -OCH3 is 1. The molecule has 0 unspecified atom stereocenters. The number of carbonyl (C=O) groups is 2. The minimum Gasteiger partial charge on any atom is -0.467 e. The monoisotopic (exact) mass is 370 g/mol. The first-order chi connectivity index (χ1) is 12.3. The Bertz CT molecular complexity index is 490. The molecule has 7 nitrogen and oxygen atoms in total. The van der Waals surface area contributed by atoms with Crippen LogP contribution in [0, 0.1) is 5.92 Å². The standard InChI is InChI=1S/C19H34N2O5/c1-19(2,9-10-22)26-14-11-15(18(24)25-3)21(12-14)17(23)16(20)13-7-5-4-6-8-13/h13-16,22H,4-12,20H2,1-3H3/t14-,15+,16+/m1/s1. The number of aliphatic hydroxyl groups is 1. The highest BCUT2D eigenvalue weighted by Gasteiger charge is 2.44. The van der Waals surface area contributed by atoms with Gasteiger partial charge < -0.3 is 25.2 Å². The van der Waals surface area contributed by atoms with E-state index < -0.39 is 23.7 Å². The van der Waals surface area contributed by atoms with Crippen molar-refractivity contribution in [3.8, 4) is 0 Å². The predicted octanol–water partition coefficient (Wildman–Crippen LogP) is 1.21. The summed E-state index contributed by atoms with van der Waals surface area (Å²) in [5, 5.41) is 9.18. The summed E-state index contributed by atoms with van der Waals surface area (Å²) >= 11 is 0. The fraction of sp³-hybridized carbons (Fsp3) is 0.895. The van der Waals surface area contributed by atoms with Crippen LogP contribution in [-0.2, 0) is 19.1 Å². The van der Waals surface area contributed by atoms with E-state index in [1.54, 1.807) is 4.90 Å². The quantitative estimate of drug-likeness (QED) is 0.653. The van der Waals surface area contributed by atoms with Crippen molar-refractivity contribution in [2.24, 2.45) is 11.7 Å². The molecule has 3 N–H and O–H groups in total. The Morgan fingerprint density at radius 3 is 2.50 bits per heavy atom. The number of rotatable bonds is 7. The maximum atomic E-state index is 13.0. The third kappa shape index (κ3) is 5.18. The van der Waals surface area contributed by atoms with Gasteiger partial charge in [0.05, 0.1) is 24.9 Å². The Kier molecular flexibility index (Phi) is 7.43. The summed E-state index contributed by atoms with van der Waals surface area (Å²) in [7, 11) is 1.33. The molecule has 0 aromatic carbocycles. The van der Waals surface area contributed by atoms with Gasteiger partial charge in [-0.3, -0.25) is 4.79 Å². The summed E-state index contributed by atoms with van der Waals surface area (Å²) in [6.07, 6.45) is 5.94. The number of esters is 1. The van der Waals surface area contributed by atoms with Gasteiger partial charge >= 0.3 is 5.97 Å². The minimum absolute atomic E-state index is 0.0232. The third-order valence-corrected chi connectivity index (χ3v) is 5.66. The summed E-state index contributed by atoms with van der Waals surface area (Å²) < 4.78 is 11.0. The molecule has 150 valence electrons. The van der Waals surface area contributed by atoms with Gasteiger partial charge in [0, 0.05) is 19.6 Å². The lowest BCUT2D eigenvalue weighted by Crippen LogP contribution is -2.52. The predicted molar refractivity (Wildman–Crippen MR) is 97.3 cm³/mol. The molecule has 0 bridgehead atoms. The van der Waals surface area contributed by atoms with Gasteiger partial charge in [0.2, 0.25) is 5.91 Å². The molecule has 1 heterocycles. The number of carbonyl (C=O) groups excluding carboxylic acids is 2. The molecule has 2 rings (SSSR count). The van der Waals surface area contributed by atoms with Gasteiger partial charge in [-0.05, 0) is 39.0 Å². The van der Waals surface area contributed by atoms with Crippen LogP contribution in [0.25, 0.3) is 0 Å². The molecule has 0 aromatic heterocycles. The Hall–Kier alpha value is -1.18. The Balaban J connectivity index is 2.07. The molecule has 1 aliphatic heterocycles. The largest absolute Gasteiger partial charge is 0.467 e. The van der Waals surface area contributed by atoms with E-state index in [0.29, 0.717) is 19.4 Å². The van der Waals surface area contributed by atoms with Crippen LogP contribution < -0.4 is 5.73 Å². The van der Waals surface area contributed by atoms with Crippen molar-refractivity contribution in [2.45, 2.75) is 82.6 Å². The van der Waals surface area contributed by atoms with Gasteiger partial charge in [-0.2, -0.15) is 0 Å². The molecule has 1 aliphatic carbocycles. The fourth-order valence-electron chi connectivity index (χ4n) is 4.15. The Morgan fingerprint density at radius 1 is 1.27 bits per heavy atom. The number of ether oxygens (including phenoxy) is 2. The highest BCUT2D eigenvalue weighted by Crippen LogP contribution is 2.30. The van der Waals surface area contributed by atoms with Crippen LogP contribution in [0.2, 0.25) is 0 Å². The second kappa shape index (κ2) is 9.15. The van der Waals surface area contributed by atoms with Gasteiger partial charge in [-0.25, -0.2) is 4.79 Å². The first kappa shape index (κ1) is 21.1. The van der Waals surface area contributed by atoms with Crippen LogP contribution in [0.4, 0.5) is 0 Å².